The summed E-state index contributed by atoms with van der Waals surface area (Å²) < 4.78 is 5.43. The third-order valence-electron chi connectivity index (χ3n) is 3.49. The predicted octanol–water partition coefficient (Wildman–Crippen LogP) is 1.99. The Morgan fingerprint density at radius 1 is 1.32 bits per heavy atom. The average Bonchev–Trinajstić information content (AvgIpc) is 3.01. The Labute approximate surface area is 111 Å². The second-order valence-corrected chi connectivity index (χ2v) is 5.03. The highest BCUT2D eigenvalue weighted by Crippen LogP contribution is 2.30. The van der Waals surface area contributed by atoms with Crippen LogP contribution in [0.5, 0.6) is 0 Å². The zero-order valence-electron chi connectivity index (χ0n) is 10.9. The fourth-order valence-electron chi connectivity index (χ4n) is 2.64. The van der Waals surface area contributed by atoms with Gasteiger partial charge in [-0.25, -0.2) is 4.98 Å². The maximum absolute atomic E-state index is 5.43. The molecule has 0 unspecified atom stereocenters. The van der Waals surface area contributed by atoms with Gasteiger partial charge in [0.25, 0.3) is 0 Å². The highest BCUT2D eigenvalue weighted by atomic mass is 16.4. The smallest absolute Gasteiger partial charge is 0.216 e. The normalized spacial score (nSPS) is 22.6. The Hall–Kier alpha value is -1.98. The molecular formula is C13H17N5O. The monoisotopic (exact) mass is 259 g/mol. The Morgan fingerprint density at radius 3 is 3.00 bits per heavy atom. The first-order chi connectivity index (χ1) is 9.29. The molecule has 0 saturated heterocycles. The summed E-state index contributed by atoms with van der Waals surface area (Å²) in [6.07, 6.45) is 9.45. The van der Waals surface area contributed by atoms with Crippen LogP contribution in [-0.4, -0.2) is 26.2 Å². The van der Waals surface area contributed by atoms with E-state index in [0.29, 0.717) is 17.9 Å². The molecule has 2 aromatic heterocycles. The van der Waals surface area contributed by atoms with E-state index in [1.807, 2.05) is 6.92 Å². The number of rotatable bonds is 4. The minimum absolute atomic E-state index is 0.464. The van der Waals surface area contributed by atoms with Crippen molar-refractivity contribution in [2.45, 2.75) is 38.6 Å². The zero-order valence-corrected chi connectivity index (χ0v) is 10.9. The van der Waals surface area contributed by atoms with Crippen molar-refractivity contribution in [2.75, 3.05) is 5.32 Å². The largest absolute Gasteiger partial charge is 0.426 e. The van der Waals surface area contributed by atoms with E-state index >= 15 is 0 Å². The number of hydrogen-bond donors (Lipinski definition) is 1. The second kappa shape index (κ2) is 5.34. The minimum atomic E-state index is 0.464. The molecule has 1 aliphatic carbocycles. The lowest BCUT2D eigenvalue weighted by molar-refractivity contribution is 0.416. The minimum Gasteiger partial charge on any atom is -0.426 e. The maximum Gasteiger partial charge on any atom is 0.216 e. The number of hydrogen-bond acceptors (Lipinski definition) is 6. The van der Waals surface area contributed by atoms with Crippen molar-refractivity contribution < 1.29 is 4.42 Å². The van der Waals surface area contributed by atoms with Gasteiger partial charge in [0.15, 0.2) is 0 Å². The number of aryl methyl sites for hydroxylation is 1. The van der Waals surface area contributed by atoms with Crippen molar-refractivity contribution in [3.05, 3.63) is 30.4 Å². The number of aromatic nitrogens is 4. The Bertz CT molecular complexity index is 527. The lowest BCUT2D eigenvalue weighted by Crippen LogP contribution is -2.16. The summed E-state index contributed by atoms with van der Waals surface area (Å²) in [6.45, 7) is 1.82. The number of nitrogens with one attached hydrogen (secondary N) is 1. The molecule has 0 spiro atoms. The van der Waals surface area contributed by atoms with Crippen molar-refractivity contribution >= 4 is 5.82 Å². The lowest BCUT2D eigenvalue weighted by Gasteiger charge is -2.12. The van der Waals surface area contributed by atoms with Gasteiger partial charge in [-0.2, -0.15) is 0 Å². The molecule has 3 rings (SSSR count). The van der Waals surface area contributed by atoms with Gasteiger partial charge < -0.3 is 9.73 Å². The van der Waals surface area contributed by atoms with Crippen molar-refractivity contribution in [3.63, 3.8) is 0 Å². The van der Waals surface area contributed by atoms with Crippen molar-refractivity contribution in [2.24, 2.45) is 5.92 Å². The first kappa shape index (κ1) is 12.1. The van der Waals surface area contributed by atoms with Crippen LogP contribution < -0.4 is 5.32 Å². The second-order valence-electron chi connectivity index (χ2n) is 5.03. The fraction of sp³-hybridized carbons (Fsp3) is 0.538. The van der Waals surface area contributed by atoms with Gasteiger partial charge in [0.1, 0.15) is 5.82 Å². The summed E-state index contributed by atoms with van der Waals surface area (Å²) in [7, 11) is 0. The molecule has 1 saturated carbocycles. The average molecular weight is 259 g/mol. The molecular weight excluding hydrogens is 242 g/mol. The van der Waals surface area contributed by atoms with Gasteiger partial charge in [0.05, 0.1) is 6.20 Å². The van der Waals surface area contributed by atoms with Gasteiger partial charge in [0, 0.05) is 31.8 Å². The molecule has 1 fully saturated rings. The third-order valence-corrected chi connectivity index (χ3v) is 3.49. The molecule has 1 aliphatic rings. The van der Waals surface area contributed by atoms with Crippen LogP contribution in [0.3, 0.4) is 0 Å². The zero-order chi connectivity index (χ0) is 13.1. The Balaban J connectivity index is 1.53. The van der Waals surface area contributed by atoms with Crippen LogP contribution in [0.4, 0.5) is 5.82 Å². The molecule has 19 heavy (non-hydrogen) atoms. The Kier molecular flexibility index (Phi) is 3.39. The van der Waals surface area contributed by atoms with E-state index < -0.39 is 0 Å². The molecule has 1 N–H and O–H groups in total. The van der Waals surface area contributed by atoms with Gasteiger partial charge in [-0.05, 0) is 25.2 Å². The van der Waals surface area contributed by atoms with Gasteiger partial charge in [-0.3, -0.25) is 4.98 Å². The van der Waals surface area contributed by atoms with E-state index in [0.717, 1.165) is 31.0 Å². The van der Waals surface area contributed by atoms with Crippen LogP contribution in [-0.2, 0) is 6.42 Å². The van der Waals surface area contributed by atoms with E-state index in [1.165, 1.54) is 6.42 Å². The van der Waals surface area contributed by atoms with E-state index in [4.69, 9.17) is 4.42 Å². The van der Waals surface area contributed by atoms with Crippen LogP contribution in [0.15, 0.2) is 23.0 Å². The molecule has 2 atom stereocenters. The van der Waals surface area contributed by atoms with Gasteiger partial charge in [0.2, 0.25) is 11.8 Å². The third kappa shape index (κ3) is 3.07. The van der Waals surface area contributed by atoms with Crippen molar-refractivity contribution in [1.82, 2.24) is 20.2 Å². The molecule has 0 bridgehead atoms. The quantitative estimate of drug-likeness (QED) is 0.904. The first-order valence-electron chi connectivity index (χ1n) is 6.61. The topological polar surface area (TPSA) is 76.7 Å². The summed E-state index contributed by atoms with van der Waals surface area (Å²) in [5, 5.41) is 11.3. The van der Waals surface area contributed by atoms with Gasteiger partial charge in [-0.1, -0.05) is 0 Å². The van der Waals surface area contributed by atoms with Gasteiger partial charge in [-0.15, -0.1) is 10.2 Å². The highest BCUT2D eigenvalue weighted by molar-refractivity contribution is 5.31. The van der Waals surface area contributed by atoms with E-state index in [1.54, 1.807) is 18.6 Å². The standard InChI is InChI=1S/C13H17N5O/c1-9-17-18-13(19-9)7-10-2-3-11(6-10)16-12-8-14-4-5-15-12/h4-5,8,10-11H,2-3,6-7H2,1H3,(H,15,16)/t10-,11+/m1/s1. The first-order valence-corrected chi connectivity index (χ1v) is 6.61. The summed E-state index contributed by atoms with van der Waals surface area (Å²) in [4.78, 5) is 8.30. The molecule has 2 heterocycles. The molecule has 0 radical (unpaired) electrons. The summed E-state index contributed by atoms with van der Waals surface area (Å²) in [5.41, 5.74) is 0. The van der Waals surface area contributed by atoms with Crippen LogP contribution in [0.2, 0.25) is 0 Å². The number of nitrogens with zero attached hydrogens (tertiary/aromatic N) is 4. The highest BCUT2D eigenvalue weighted by Gasteiger charge is 2.26. The molecule has 0 amide bonds. The fourth-order valence-corrected chi connectivity index (χ4v) is 2.64. The van der Waals surface area contributed by atoms with Gasteiger partial charge >= 0.3 is 0 Å². The molecule has 6 nitrogen and oxygen atoms in total. The Morgan fingerprint density at radius 2 is 2.26 bits per heavy atom. The number of anilines is 1. The van der Waals surface area contributed by atoms with E-state index in [2.05, 4.69) is 25.5 Å². The lowest BCUT2D eigenvalue weighted by atomic mass is 10.0. The summed E-state index contributed by atoms with van der Waals surface area (Å²) in [6, 6.07) is 0.464. The van der Waals surface area contributed by atoms with Crippen LogP contribution >= 0.6 is 0 Å². The molecule has 2 aromatic rings. The molecule has 0 aromatic carbocycles. The van der Waals surface area contributed by atoms with Crippen LogP contribution in [0.25, 0.3) is 0 Å². The van der Waals surface area contributed by atoms with Crippen molar-refractivity contribution in [1.29, 1.82) is 0 Å². The van der Waals surface area contributed by atoms with Crippen LogP contribution in [0, 0.1) is 12.8 Å². The predicted molar refractivity (Wildman–Crippen MR) is 69.5 cm³/mol. The van der Waals surface area contributed by atoms with Crippen LogP contribution in [0.1, 0.15) is 31.0 Å². The SMILES string of the molecule is Cc1nnc(C[C@@H]2CC[C@H](Nc3cnccn3)C2)o1. The summed E-state index contributed by atoms with van der Waals surface area (Å²) in [5.74, 6) is 2.85. The summed E-state index contributed by atoms with van der Waals surface area (Å²) >= 11 is 0. The molecule has 100 valence electrons. The van der Waals surface area contributed by atoms with E-state index in [9.17, 15) is 0 Å². The van der Waals surface area contributed by atoms with E-state index in [-0.39, 0.29) is 0 Å². The molecule has 6 heteroatoms. The maximum atomic E-state index is 5.43. The van der Waals surface area contributed by atoms with Crippen molar-refractivity contribution in [3.8, 4) is 0 Å². The molecule has 0 aliphatic heterocycles.